The van der Waals surface area contributed by atoms with Crippen LogP contribution in [0.5, 0.6) is 0 Å². The number of likely N-dealkylation sites (N-methyl/N-ethyl adjacent to an activating group) is 1. The molecule has 0 aliphatic heterocycles. The summed E-state index contributed by atoms with van der Waals surface area (Å²) in [5, 5.41) is 2.60. The summed E-state index contributed by atoms with van der Waals surface area (Å²) < 4.78 is 0. The van der Waals surface area contributed by atoms with Gasteiger partial charge in [0.1, 0.15) is 0 Å². The number of hydrogen-bond acceptors (Lipinski definition) is 1. The Morgan fingerprint density at radius 3 is 2.21 bits per heavy atom. The third-order valence-electron chi connectivity index (χ3n) is 2.41. The molecule has 0 rings (SSSR count). The van der Waals surface area contributed by atoms with Crippen LogP contribution < -0.4 is 5.32 Å². The number of allylic oxidation sites excluding steroid dienone is 2. The smallest absolute Gasteiger partial charge is 0.246 e. The number of carbonyl (C=O) groups is 1. The van der Waals surface area contributed by atoms with Crippen molar-refractivity contribution in [3.63, 3.8) is 0 Å². The van der Waals surface area contributed by atoms with E-state index < -0.39 is 0 Å². The first-order valence-electron chi connectivity index (χ1n) is 4.99. The summed E-state index contributed by atoms with van der Waals surface area (Å²) in [4.78, 5) is 11.2. The number of nitrogens with one attached hydrogen (secondary N) is 1. The van der Waals surface area contributed by atoms with E-state index in [1.54, 1.807) is 7.05 Å². The van der Waals surface area contributed by atoms with Crippen LogP contribution in [-0.2, 0) is 4.79 Å². The molecule has 2 heteroatoms. The molecule has 1 atom stereocenters. The van der Waals surface area contributed by atoms with Gasteiger partial charge in [0, 0.05) is 12.6 Å². The second-order valence-corrected chi connectivity index (χ2v) is 3.95. The number of hydrogen-bond donors (Lipinski definition) is 1. The molecule has 80 valence electrons. The molecule has 0 aliphatic carbocycles. The molecule has 1 N–H and O–H groups in total. The third-order valence-corrected chi connectivity index (χ3v) is 2.41. The first-order chi connectivity index (χ1) is 6.40. The van der Waals surface area contributed by atoms with Crippen LogP contribution in [0.1, 0.15) is 27.7 Å². The predicted molar refractivity (Wildman–Crippen MR) is 61.0 cm³/mol. The summed E-state index contributed by atoms with van der Waals surface area (Å²) in [5.41, 5.74) is 1.91. The molecule has 0 aromatic heterocycles. The lowest BCUT2D eigenvalue weighted by atomic mass is 9.91. The van der Waals surface area contributed by atoms with E-state index in [0.717, 1.165) is 11.1 Å². The van der Waals surface area contributed by atoms with Crippen molar-refractivity contribution in [3.05, 3.63) is 23.8 Å². The average molecular weight is 195 g/mol. The molecule has 0 aromatic rings. The van der Waals surface area contributed by atoms with E-state index in [-0.39, 0.29) is 11.8 Å². The molecule has 14 heavy (non-hydrogen) atoms. The standard InChI is InChI=1S/C12H21NO/c1-8(2)11(5)9(3)7-10(4)12(14)13-6/h7-9H,5H2,1-4,6H3,(H,13,14)/b10-7+. The predicted octanol–water partition coefficient (Wildman–Crippen LogP) is 2.53. The Morgan fingerprint density at radius 1 is 1.36 bits per heavy atom. The van der Waals surface area contributed by atoms with Gasteiger partial charge in [0.2, 0.25) is 5.91 Å². The van der Waals surface area contributed by atoms with Gasteiger partial charge in [-0.3, -0.25) is 4.79 Å². The fraction of sp³-hybridized carbons (Fsp3) is 0.583. The quantitative estimate of drug-likeness (QED) is 0.542. The molecule has 0 heterocycles. The second kappa shape index (κ2) is 5.63. The van der Waals surface area contributed by atoms with Gasteiger partial charge in [0.25, 0.3) is 0 Å². The first kappa shape index (κ1) is 12.9. The lowest BCUT2D eigenvalue weighted by molar-refractivity contribution is -0.117. The summed E-state index contributed by atoms with van der Waals surface area (Å²) in [6, 6.07) is 0. The Bertz CT molecular complexity index is 251. The van der Waals surface area contributed by atoms with E-state index >= 15 is 0 Å². The summed E-state index contributed by atoms with van der Waals surface area (Å²) in [6.45, 7) is 12.1. The van der Waals surface area contributed by atoms with Gasteiger partial charge < -0.3 is 5.32 Å². The highest BCUT2D eigenvalue weighted by molar-refractivity contribution is 5.92. The van der Waals surface area contributed by atoms with Gasteiger partial charge in [-0.25, -0.2) is 0 Å². The van der Waals surface area contributed by atoms with E-state index in [9.17, 15) is 4.79 Å². The van der Waals surface area contributed by atoms with Crippen molar-refractivity contribution in [1.82, 2.24) is 5.32 Å². The molecule has 2 nitrogen and oxygen atoms in total. The Balaban J connectivity index is 4.50. The fourth-order valence-electron chi connectivity index (χ4n) is 1.28. The molecule has 1 unspecified atom stereocenters. The number of rotatable bonds is 4. The maximum atomic E-state index is 11.2. The van der Waals surface area contributed by atoms with Crippen molar-refractivity contribution in [1.29, 1.82) is 0 Å². The van der Waals surface area contributed by atoms with Gasteiger partial charge >= 0.3 is 0 Å². The molecular formula is C12H21NO. The number of carbonyl (C=O) groups excluding carboxylic acids is 1. The Labute approximate surface area is 87.1 Å². The summed E-state index contributed by atoms with van der Waals surface area (Å²) in [5.74, 6) is 0.694. The molecule has 1 amide bonds. The zero-order valence-electron chi connectivity index (χ0n) is 9.85. The van der Waals surface area contributed by atoms with Crippen molar-refractivity contribution in [2.24, 2.45) is 11.8 Å². The first-order valence-corrected chi connectivity index (χ1v) is 4.99. The highest BCUT2D eigenvalue weighted by Gasteiger charge is 2.09. The van der Waals surface area contributed by atoms with Gasteiger partial charge in [0.15, 0.2) is 0 Å². The maximum absolute atomic E-state index is 11.2. The minimum Gasteiger partial charge on any atom is -0.355 e. The van der Waals surface area contributed by atoms with Crippen LogP contribution in [0.3, 0.4) is 0 Å². The van der Waals surface area contributed by atoms with Crippen LogP contribution in [0, 0.1) is 11.8 Å². The Hall–Kier alpha value is -1.05. The van der Waals surface area contributed by atoms with E-state index in [1.807, 2.05) is 13.0 Å². The lowest BCUT2D eigenvalue weighted by Crippen LogP contribution is -2.19. The third kappa shape index (κ3) is 3.77. The fourth-order valence-corrected chi connectivity index (χ4v) is 1.28. The molecule has 0 spiro atoms. The maximum Gasteiger partial charge on any atom is 0.246 e. The minimum atomic E-state index is -0.0200. The van der Waals surface area contributed by atoms with Crippen LogP contribution in [0.2, 0.25) is 0 Å². The van der Waals surface area contributed by atoms with Crippen molar-refractivity contribution in [3.8, 4) is 0 Å². The van der Waals surface area contributed by atoms with E-state index in [2.05, 4.69) is 32.7 Å². The van der Waals surface area contributed by atoms with Crippen molar-refractivity contribution >= 4 is 5.91 Å². The normalized spacial score (nSPS) is 14.0. The van der Waals surface area contributed by atoms with Gasteiger partial charge in [-0.2, -0.15) is 0 Å². The summed E-state index contributed by atoms with van der Waals surface area (Å²) in [7, 11) is 1.64. The van der Waals surface area contributed by atoms with Crippen LogP contribution >= 0.6 is 0 Å². The van der Waals surface area contributed by atoms with Crippen molar-refractivity contribution in [2.45, 2.75) is 27.7 Å². The molecular weight excluding hydrogens is 174 g/mol. The van der Waals surface area contributed by atoms with Crippen LogP contribution in [-0.4, -0.2) is 13.0 Å². The van der Waals surface area contributed by atoms with E-state index in [1.165, 1.54) is 0 Å². The van der Waals surface area contributed by atoms with Gasteiger partial charge in [-0.1, -0.05) is 39.0 Å². The van der Waals surface area contributed by atoms with Crippen molar-refractivity contribution in [2.75, 3.05) is 7.05 Å². The Kier molecular flexibility index (Phi) is 5.21. The van der Waals surface area contributed by atoms with E-state index in [4.69, 9.17) is 0 Å². The highest BCUT2D eigenvalue weighted by atomic mass is 16.1. The largest absolute Gasteiger partial charge is 0.355 e. The summed E-state index contributed by atoms with van der Waals surface area (Å²) >= 11 is 0. The molecule has 0 aromatic carbocycles. The molecule has 0 radical (unpaired) electrons. The molecule has 0 aliphatic rings. The molecule has 0 fully saturated rings. The van der Waals surface area contributed by atoms with Crippen LogP contribution in [0.4, 0.5) is 0 Å². The van der Waals surface area contributed by atoms with Crippen molar-refractivity contribution < 1.29 is 4.79 Å². The second-order valence-electron chi connectivity index (χ2n) is 3.95. The monoisotopic (exact) mass is 195 g/mol. The summed E-state index contributed by atoms with van der Waals surface area (Å²) in [6.07, 6.45) is 1.96. The van der Waals surface area contributed by atoms with Crippen LogP contribution in [0.15, 0.2) is 23.8 Å². The molecule has 0 bridgehead atoms. The molecule has 0 saturated heterocycles. The lowest BCUT2D eigenvalue weighted by Gasteiger charge is -2.15. The topological polar surface area (TPSA) is 29.1 Å². The van der Waals surface area contributed by atoms with Crippen LogP contribution in [0.25, 0.3) is 0 Å². The SMILES string of the molecule is C=C(C(C)C)C(C)/C=C(\C)C(=O)NC. The average Bonchev–Trinajstić information content (AvgIpc) is 2.14. The zero-order chi connectivity index (χ0) is 11.3. The molecule has 0 saturated carbocycles. The minimum absolute atomic E-state index is 0.0200. The Morgan fingerprint density at radius 2 is 1.86 bits per heavy atom. The van der Waals surface area contributed by atoms with Gasteiger partial charge in [-0.05, 0) is 18.8 Å². The zero-order valence-corrected chi connectivity index (χ0v) is 9.85. The number of amides is 1. The van der Waals surface area contributed by atoms with E-state index in [0.29, 0.717) is 5.92 Å². The van der Waals surface area contributed by atoms with Gasteiger partial charge in [-0.15, -0.1) is 0 Å². The highest BCUT2D eigenvalue weighted by Crippen LogP contribution is 2.19. The van der Waals surface area contributed by atoms with Gasteiger partial charge in [0.05, 0.1) is 0 Å².